The second kappa shape index (κ2) is 10.5. The van der Waals surface area contributed by atoms with Crippen LogP contribution in [0.15, 0.2) is 70.6 Å². The minimum Gasteiger partial charge on any atom is -0.493 e. The Kier molecular flexibility index (Phi) is 7.50. The molecule has 168 valence electrons. The Morgan fingerprint density at radius 2 is 1.79 bits per heavy atom. The maximum atomic E-state index is 12.4. The standard InChI is InChI=1S/C24H17Cl3N2O3S/c1-31-21-10-14(6-9-20(21)32-13-15-4-2-3-5-17(15)25)11-22-23(30)29-24(33-22)28-16-7-8-18(26)19(27)12-16/h2-12H,13H2,1H3,(H,28,29,30)/b22-11-. The predicted molar refractivity (Wildman–Crippen MR) is 136 cm³/mol. The fourth-order valence-corrected chi connectivity index (χ4v) is 4.29. The number of methoxy groups -OCH3 is 1. The third-order valence-electron chi connectivity index (χ3n) is 4.61. The summed E-state index contributed by atoms with van der Waals surface area (Å²) in [6.45, 7) is 0.309. The summed E-state index contributed by atoms with van der Waals surface area (Å²) < 4.78 is 11.4. The highest BCUT2D eigenvalue weighted by atomic mass is 35.5. The van der Waals surface area contributed by atoms with Gasteiger partial charge in [0.15, 0.2) is 16.7 Å². The molecule has 0 aliphatic carbocycles. The fourth-order valence-electron chi connectivity index (χ4n) is 2.97. The molecule has 1 amide bonds. The van der Waals surface area contributed by atoms with E-state index in [0.717, 1.165) is 11.1 Å². The maximum Gasteiger partial charge on any atom is 0.264 e. The molecular weight excluding hydrogens is 503 g/mol. The van der Waals surface area contributed by atoms with Gasteiger partial charge in [-0.2, -0.15) is 0 Å². The van der Waals surface area contributed by atoms with Gasteiger partial charge in [-0.1, -0.05) is 59.1 Å². The van der Waals surface area contributed by atoms with Crippen LogP contribution in [0.5, 0.6) is 11.5 Å². The van der Waals surface area contributed by atoms with Gasteiger partial charge in [0, 0.05) is 10.6 Å². The van der Waals surface area contributed by atoms with E-state index < -0.39 is 0 Å². The van der Waals surface area contributed by atoms with E-state index in [2.05, 4.69) is 10.3 Å². The highest BCUT2D eigenvalue weighted by Crippen LogP contribution is 2.34. The van der Waals surface area contributed by atoms with Gasteiger partial charge in [0.2, 0.25) is 0 Å². The van der Waals surface area contributed by atoms with Crippen LogP contribution in [0.3, 0.4) is 0 Å². The van der Waals surface area contributed by atoms with Crippen molar-refractivity contribution in [1.29, 1.82) is 0 Å². The Morgan fingerprint density at radius 1 is 0.970 bits per heavy atom. The number of rotatable bonds is 6. The minimum absolute atomic E-state index is 0.239. The van der Waals surface area contributed by atoms with Gasteiger partial charge in [-0.05, 0) is 59.8 Å². The van der Waals surface area contributed by atoms with Crippen molar-refractivity contribution in [3.8, 4) is 11.5 Å². The molecule has 0 bridgehead atoms. The minimum atomic E-state index is -0.239. The lowest BCUT2D eigenvalue weighted by molar-refractivity contribution is -0.115. The monoisotopic (exact) mass is 518 g/mol. The fraction of sp³-hybridized carbons (Fsp3) is 0.0833. The number of ether oxygens (including phenoxy) is 2. The molecule has 0 atom stereocenters. The van der Waals surface area contributed by atoms with Crippen molar-refractivity contribution in [3.05, 3.63) is 91.8 Å². The Labute approximate surface area is 210 Å². The Bertz CT molecular complexity index is 1280. The molecule has 0 radical (unpaired) electrons. The molecule has 1 heterocycles. The van der Waals surface area contributed by atoms with Gasteiger partial charge in [-0.3, -0.25) is 4.79 Å². The molecular formula is C24H17Cl3N2O3S. The van der Waals surface area contributed by atoms with Crippen LogP contribution in [0, 0.1) is 0 Å². The average Bonchev–Trinajstić information content (AvgIpc) is 3.14. The van der Waals surface area contributed by atoms with Crippen molar-refractivity contribution in [2.45, 2.75) is 6.61 Å². The van der Waals surface area contributed by atoms with Crippen molar-refractivity contribution in [2.24, 2.45) is 4.99 Å². The van der Waals surface area contributed by atoms with Gasteiger partial charge in [-0.25, -0.2) is 4.99 Å². The van der Waals surface area contributed by atoms with E-state index >= 15 is 0 Å². The zero-order chi connectivity index (χ0) is 23.4. The molecule has 1 aliphatic rings. The number of benzene rings is 3. The summed E-state index contributed by atoms with van der Waals surface area (Å²) in [5, 5.41) is 4.68. The Hall–Kier alpha value is -2.64. The maximum absolute atomic E-state index is 12.4. The van der Waals surface area contributed by atoms with Crippen molar-refractivity contribution in [2.75, 3.05) is 7.11 Å². The van der Waals surface area contributed by atoms with Crippen molar-refractivity contribution < 1.29 is 14.3 Å². The van der Waals surface area contributed by atoms with Crippen LogP contribution in [0.25, 0.3) is 6.08 Å². The second-order valence-electron chi connectivity index (χ2n) is 6.87. The number of aliphatic imine (C=N–C) groups is 1. The van der Waals surface area contributed by atoms with E-state index in [0.29, 0.717) is 48.9 Å². The lowest BCUT2D eigenvalue weighted by Gasteiger charge is -2.12. The highest BCUT2D eigenvalue weighted by molar-refractivity contribution is 8.18. The topological polar surface area (TPSA) is 59.9 Å². The van der Waals surface area contributed by atoms with Gasteiger partial charge in [0.25, 0.3) is 5.91 Å². The molecule has 9 heteroatoms. The first-order valence-electron chi connectivity index (χ1n) is 9.72. The molecule has 0 unspecified atom stereocenters. The van der Waals surface area contributed by atoms with Crippen LogP contribution < -0.4 is 14.8 Å². The van der Waals surface area contributed by atoms with Crippen molar-refractivity contribution in [3.63, 3.8) is 0 Å². The van der Waals surface area contributed by atoms with E-state index in [1.807, 2.05) is 30.3 Å². The predicted octanol–water partition coefficient (Wildman–Crippen LogP) is 7.13. The zero-order valence-corrected chi connectivity index (χ0v) is 20.4. The van der Waals surface area contributed by atoms with E-state index in [1.54, 1.807) is 43.5 Å². The Morgan fingerprint density at radius 3 is 2.55 bits per heavy atom. The number of thioether (sulfide) groups is 1. The molecule has 0 aromatic heterocycles. The van der Waals surface area contributed by atoms with Crippen LogP contribution in [-0.4, -0.2) is 18.2 Å². The largest absolute Gasteiger partial charge is 0.493 e. The first-order chi connectivity index (χ1) is 15.9. The summed E-state index contributed by atoms with van der Waals surface area (Å²) in [5.41, 5.74) is 2.25. The molecule has 5 nitrogen and oxygen atoms in total. The number of carbonyl (C=O) groups is 1. The molecule has 33 heavy (non-hydrogen) atoms. The molecule has 4 rings (SSSR count). The van der Waals surface area contributed by atoms with E-state index in [9.17, 15) is 4.79 Å². The van der Waals surface area contributed by atoms with Gasteiger partial charge in [-0.15, -0.1) is 0 Å². The highest BCUT2D eigenvalue weighted by Gasteiger charge is 2.24. The van der Waals surface area contributed by atoms with E-state index in [4.69, 9.17) is 44.3 Å². The Balaban J connectivity index is 1.50. The number of nitrogens with zero attached hydrogens (tertiary/aromatic N) is 1. The summed E-state index contributed by atoms with van der Waals surface area (Å²) in [6.07, 6.45) is 1.76. The number of amidine groups is 1. The first kappa shape index (κ1) is 23.5. The first-order valence-corrected chi connectivity index (χ1v) is 11.7. The van der Waals surface area contributed by atoms with Gasteiger partial charge in [0.05, 0.1) is 27.7 Å². The van der Waals surface area contributed by atoms with Gasteiger partial charge < -0.3 is 14.8 Å². The van der Waals surface area contributed by atoms with Crippen LogP contribution in [-0.2, 0) is 11.4 Å². The molecule has 1 aliphatic heterocycles. The number of carbonyl (C=O) groups excluding carboxylic acids is 1. The van der Waals surface area contributed by atoms with Crippen LogP contribution in [0.4, 0.5) is 5.69 Å². The van der Waals surface area contributed by atoms with E-state index in [1.165, 1.54) is 11.8 Å². The summed E-state index contributed by atoms with van der Waals surface area (Å²) in [7, 11) is 1.56. The lowest BCUT2D eigenvalue weighted by Crippen LogP contribution is -2.19. The number of amides is 1. The van der Waals surface area contributed by atoms with Crippen molar-refractivity contribution >= 4 is 69.4 Å². The SMILES string of the molecule is COc1cc(/C=C2\SC(=Nc3ccc(Cl)c(Cl)c3)NC2=O)ccc1OCc1ccccc1Cl. The van der Waals surface area contributed by atoms with Gasteiger partial charge >= 0.3 is 0 Å². The lowest BCUT2D eigenvalue weighted by atomic mass is 10.2. The quantitative estimate of drug-likeness (QED) is 0.352. The van der Waals surface area contributed by atoms with Crippen molar-refractivity contribution in [1.82, 2.24) is 5.32 Å². The number of nitrogens with one attached hydrogen (secondary N) is 1. The number of hydrogen-bond acceptors (Lipinski definition) is 5. The van der Waals surface area contributed by atoms with Gasteiger partial charge in [0.1, 0.15) is 6.61 Å². The smallest absolute Gasteiger partial charge is 0.264 e. The number of halogens is 3. The average molecular weight is 520 g/mol. The second-order valence-corrected chi connectivity index (χ2v) is 9.12. The third-order valence-corrected chi connectivity index (χ3v) is 6.63. The van der Waals surface area contributed by atoms with Crippen LogP contribution in [0.1, 0.15) is 11.1 Å². The summed E-state index contributed by atoms with van der Waals surface area (Å²) >= 11 is 19.4. The third kappa shape index (κ3) is 5.84. The molecule has 0 saturated carbocycles. The molecule has 1 fully saturated rings. The summed E-state index contributed by atoms with van der Waals surface area (Å²) in [5.74, 6) is 0.881. The molecule has 0 spiro atoms. The zero-order valence-electron chi connectivity index (χ0n) is 17.3. The van der Waals surface area contributed by atoms with E-state index in [-0.39, 0.29) is 5.91 Å². The molecule has 3 aromatic rings. The molecule has 1 N–H and O–H groups in total. The normalized spacial score (nSPS) is 15.7. The summed E-state index contributed by atoms with van der Waals surface area (Å²) in [6, 6.07) is 18.0. The van der Waals surface area contributed by atoms with Crippen LogP contribution in [0.2, 0.25) is 15.1 Å². The number of hydrogen-bond donors (Lipinski definition) is 1. The summed E-state index contributed by atoms with van der Waals surface area (Å²) in [4.78, 5) is 17.3. The molecule has 1 saturated heterocycles. The molecule has 3 aromatic carbocycles. The van der Waals surface area contributed by atoms with Crippen LogP contribution >= 0.6 is 46.6 Å².